The van der Waals surface area contributed by atoms with Gasteiger partial charge in [-0.1, -0.05) is 19.8 Å². The Morgan fingerprint density at radius 3 is 2.63 bits per heavy atom. The summed E-state index contributed by atoms with van der Waals surface area (Å²) in [6, 6.07) is 0.792. The van der Waals surface area contributed by atoms with Gasteiger partial charge in [-0.2, -0.15) is 0 Å². The average molecular weight is 268 g/mol. The van der Waals surface area contributed by atoms with Crippen molar-refractivity contribution in [2.24, 2.45) is 5.92 Å². The highest BCUT2D eigenvalue weighted by molar-refractivity contribution is 5.71. The number of carboxylic acids is 1. The Morgan fingerprint density at radius 1 is 1.21 bits per heavy atom. The first-order valence-electron chi connectivity index (χ1n) is 7.80. The quantitative estimate of drug-likeness (QED) is 0.851. The molecule has 3 unspecified atom stereocenters. The molecule has 3 atom stereocenters. The molecule has 0 radical (unpaired) electrons. The Kier molecular flexibility index (Phi) is 5.22. The van der Waals surface area contributed by atoms with Crippen molar-refractivity contribution in [3.05, 3.63) is 0 Å². The standard InChI is InChI=1S/C15H28N2O2/c1-3-12-11-16(2)9-6-10-17(12)14-8-5-4-7-13(14)15(18)19/h12-14H,3-11H2,1-2H3,(H,18,19). The van der Waals surface area contributed by atoms with Crippen molar-refractivity contribution in [1.29, 1.82) is 0 Å². The van der Waals surface area contributed by atoms with Crippen LogP contribution in [-0.4, -0.2) is 59.6 Å². The van der Waals surface area contributed by atoms with Gasteiger partial charge in [0.15, 0.2) is 0 Å². The third kappa shape index (κ3) is 3.48. The molecule has 2 fully saturated rings. The van der Waals surface area contributed by atoms with Gasteiger partial charge in [0.25, 0.3) is 0 Å². The van der Waals surface area contributed by atoms with Crippen LogP contribution >= 0.6 is 0 Å². The molecule has 4 heteroatoms. The maximum atomic E-state index is 11.5. The minimum atomic E-state index is -0.586. The lowest BCUT2D eigenvalue weighted by Gasteiger charge is -2.42. The summed E-state index contributed by atoms with van der Waals surface area (Å²) in [4.78, 5) is 16.4. The third-order valence-electron chi connectivity index (χ3n) is 4.89. The van der Waals surface area contributed by atoms with Crippen LogP contribution in [0.25, 0.3) is 0 Å². The second kappa shape index (κ2) is 6.71. The Labute approximate surface area is 116 Å². The molecule has 0 spiro atoms. The second-order valence-electron chi connectivity index (χ2n) is 6.21. The van der Waals surface area contributed by atoms with E-state index in [0.29, 0.717) is 6.04 Å². The first-order chi connectivity index (χ1) is 9.13. The Hall–Kier alpha value is -0.610. The molecule has 0 aromatic rings. The fourth-order valence-corrected chi connectivity index (χ4v) is 3.86. The van der Waals surface area contributed by atoms with Crippen LogP contribution in [0.3, 0.4) is 0 Å². The maximum Gasteiger partial charge on any atom is 0.308 e. The molecule has 2 aliphatic rings. The highest BCUT2D eigenvalue weighted by Gasteiger charge is 2.38. The Bertz CT molecular complexity index is 309. The van der Waals surface area contributed by atoms with Crippen molar-refractivity contribution in [2.45, 2.75) is 57.5 Å². The fourth-order valence-electron chi connectivity index (χ4n) is 3.86. The number of aliphatic carboxylic acids is 1. The SMILES string of the molecule is CCC1CN(C)CCCN1C1CCCCC1C(=O)O. The maximum absolute atomic E-state index is 11.5. The van der Waals surface area contributed by atoms with Crippen LogP contribution in [0.1, 0.15) is 45.4 Å². The number of nitrogens with zero attached hydrogens (tertiary/aromatic N) is 2. The molecule has 4 nitrogen and oxygen atoms in total. The third-order valence-corrected chi connectivity index (χ3v) is 4.89. The van der Waals surface area contributed by atoms with Gasteiger partial charge in [-0.15, -0.1) is 0 Å². The molecule has 1 aliphatic heterocycles. The van der Waals surface area contributed by atoms with Crippen molar-refractivity contribution in [2.75, 3.05) is 26.7 Å². The van der Waals surface area contributed by atoms with Gasteiger partial charge in [0, 0.05) is 25.2 Å². The lowest BCUT2D eigenvalue weighted by atomic mass is 9.82. The number of hydrogen-bond acceptors (Lipinski definition) is 3. The molecule has 1 heterocycles. The van der Waals surface area contributed by atoms with E-state index in [9.17, 15) is 9.90 Å². The van der Waals surface area contributed by atoms with E-state index in [4.69, 9.17) is 0 Å². The zero-order valence-electron chi connectivity index (χ0n) is 12.3. The van der Waals surface area contributed by atoms with Crippen LogP contribution in [0.5, 0.6) is 0 Å². The van der Waals surface area contributed by atoms with Gasteiger partial charge in [-0.3, -0.25) is 9.69 Å². The summed E-state index contributed by atoms with van der Waals surface area (Å²) in [5.74, 6) is -0.733. The summed E-state index contributed by atoms with van der Waals surface area (Å²) in [6.45, 7) is 5.52. The van der Waals surface area contributed by atoms with Crippen LogP contribution < -0.4 is 0 Å². The van der Waals surface area contributed by atoms with Gasteiger partial charge in [0.05, 0.1) is 5.92 Å². The van der Waals surface area contributed by atoms with Gasteiger partial charge in [-0.25, -0.2) is 0 Å². The van der Waals surface area contributed by atoms with Crippen LogP contribution in [0.2, 0.25) is 0 Å². The molecule has 110 valence electrons. The van der Waals surface area contributed by atoms with Crippen molar-refractivity contribution in [1.82, 2.24) is 9.80 Å². The van der Waals surface area contributed by atoms with Crippen molar-refractivity contribution < 1.29 is 9.90 Å². The van der Waals surface area contributed by atoms with Crippen LogP contribution in [0, 0.1) is 5.92 Å². The number of carbonyl (C=O) groups is 1. The van der Waals surface area contributed by atoms with Crippen molar-refractivity contribution in [3.63, 3.8) is 0 Å². The highest BCUT2D eigenvalue weighted by atomic mass is 16.4. The minimum absolute atomic E-state index is 0.147. The first-order valence-corrected chi connectivity index (χ1v) is 7.80. The first kappa shape index (κ1) is 14.8. The average Bonchev–Trinajstić information content (AvgIpc) is 2.60. The van der Waals surface area contributed by atoms with Crippen LogP contribution in [0.4, 0.5) is 0 Å². The lowest BCUT2D eigenvalue weighted by molar-refractivity contribution is -0.146. The van der Waals surface area contributed by atoms with Gasteiger partial charge in [0.1, 0.15) is 0 Å². The zero-order chi connectivity index (χ0) is 13.8. The summed E-state index contributed by atoms with van der Waals surface area (Å²) < 4.78 is 0. The van der Waals surface area contributed by atoms with Gasteiger partial charge in [-0.05, 0) is 39.3 Å². The Morgan fingerprint density at radius 2 is 1.95 bits per heavy atom. The number of rotatable bonds is 3. The lowest BCUT2D eigenvalue weighted by Crippen LogP contribution is -2.51. The van der Waals surface area contributed by atoms with E-state index in [1.165, 1.54) is 6.42 Å². The molecular weight excluding hydrogens is 240 g/mol. The largest absolute Gasteiger partial charge is 0.481 e. The second-order valence-corrected chi connectivity index (χ2v) is 6.21. The molecule has 0 bridgehead atoms. The highest BCUT2D eigenvalue weighted by Crippen LogP contribution is 2.31. The molecule has 0 amide bonds. The van der Waals surface area contributed by atoms with E-state index in [1.54, 1.807) is 0 Å². The predicted molar refractivity (Wildman–Crippen MR) is 76.3 cm³/mol. The normalized spacial score (nSPS) is 34.9. The van der Waals surface area contributed by atoms with E-state index >= 15 is 0 Å². The summed E-state index contributed by atoms with van der Waals surface area (Å²) >= 11 is 0. The smallest absolute Gasteiger partial charge is 0.308 e. The van der Waals surface area contributed by atoms with Gasteiger partial charge in [0.2, 0.25) is 0 Å². The van der Waals surface area contributed by atoms with Gasteiger partial charge >= 0.3 is 5.97 Å². The molecule has 0 aromatic heterocycles. The summed E-state index contributed by atoms with van der Waals surface area (Å²) in [7, 11) is 2.18. The summed E-state index contributed by atoms with van der Waals surface area (Å²) in [6.07, 6.45) is 6.48. The Balaban J connectivity index is 2.13. The molecule has 1 saturated heterocycles. The number of carboxylic acid groups (broad SMARTS) is 1. The number of likely N-dealkylation sites (N-methyl/N-ethyl adjacent to an activating group) is 1. The topological polar surface area (TPSA) is 43.8 Å². The number of hydrogen-bond donors (Lipinski definition) is 1. The molecule has 1 aliphatic carbocycles. The predicted octanol–water partition coefficient (Wildman–Crippen LogP) is 2.05. The fraction of sp³-hybridized carbons (Fsp3) is 0.933. The molecule has 2 rings (SSSR count). The molecule has 1 N–H and O–H groups in total. The summed E-state index contributed by atoms with van der Waals surface area (Å²) in [5, 5.41) is 9.48. The minimum Gasteiger partial charge on any atom is -0.481 e. The monoisotopic (exact) mass is 268 g/mol. The van der Waals surface area contributed by atoms with Crippen LogP contribution in [0.15, 0.2) is 0 Å². The van der Waals surface area contributed by atoms with E-state index < -0.39 is 5.97 Å². The molecule has 0 aromatic carbocycles. The van der Waals surface area contributed by atoms with Crippen molar-refractivity contribution in [3.8, 4) is 0 Å². The zero-order valence-corrected chi connectivity index (χ0v) is 12.3. The van der Waals surface area contributed by atoms with E-state index in [2.05, 4.69) is 23.8 Å². The molecule has 19 heavy (non-hydrogen) atoms. The van der Waals surface area contributed by atoms with E-state index in [-0.39, 0.29) is 12.0 Å². The van der Waals surface area contributed by atoms with Gasteiger partial charge < -0.3 is 10.0 Å². The molecular formula is C15H28N2O2. The summed E-state index contributed by atoms with van der Waals surface area (Å²) in [5.41, 5.74) is 0. The van der Waals surface area contributed by atoms with Crippen molar-refractivity contribution >= 4 is 5.97 Å². The van der Waals surface area contributed by atoms with E-state index in [1.807, 2.05) is 0 Å². The van der Waals surface area contributed by atoms with Crippen LogP contribution in [-0.2, 0) is 4.79 Å². The molecule has 1 saturated carbocycles. The van der Waals surface area contributed by atoms with E-state index in [0.717, 1.165) is 51.7 Å².